The molecule has 2 heterocycles. The van der Waals surface area contributed by atoms with Crippen LogP contribution in [0, 0.1) is 0 Å². The Hall–Kier alpha value is -1.20. The van der Waals surface area contributed by atoms with E-state index >= 15 is 0 Å². The highest BCUT2D eigenvalue weighted by Gasteiger charge is 2.29. The lowest BCUT2D eigenvalue weighted by molar-refractivity contribution is -0.107. The van der Waals surface area contributed by atoms with E-state index < -0.39 is 0 Å². The molecule has 1 N–H and O–H groups in total. The van der Waals surface area contributed by atoms with E-state index in [4.69, 9.17) is 9.47 Å². The Labute approximate surface area is 113 Å². The fraction of sp³-hybridized carbons (Fsp3) is 0.714. The van der Waals surface area contributed by atoms with Crippen LogP contribution in [-0.4, -0.2) is 41.4 Å². The van der Waals surface area contributed by atoms with Crippen LogP contribution >= 0.6 is 0 Å². The van der Waals surface area contributed by atoms with Crippen molar-refractivity contribution in [2.45, 2.75) is 44.8 Å². The first-order valence-corrected chi connectivity index (χ1v) is 6.98. The summed E-state index contributed by atoms with van der Waals surface area (Å²) in [6.45, 7) is 6.44. The van der Waals surface area contributed by atoms with Gasteiger partial charge in [-0.3, -0.25) is 0 Å². The van der Waals surface area contributed by atoms with Crippen molar-refractivity contribution in [3.63, 3.8) is 0 Å². The summed E-state index contributed by atoms with van der Waals surface area (Å²) in [5.74, 6) is 0.745. The maximum atomic E-state index is 5.98. The van der Waals surface area contributed by atoms with E-state index in [0.29, 0.717) is 6.61 Å². The van der Waals surface area contributed by atoms with Crippen LogP contribution in [-0.2, 0) is 17.6 Å². The van der Waals surface area contributed by atoms with Gasteiger partial charge in [-0.05, 0) is 33.1 Å². The third kappa shape index (κ3) is 2.87. The van der Waals surface area contributed by atoms with Crippen LogP contribution < -0.4 is 10.1 Å². The molecular formula is C14H21N3O2. The molecule has 1 atom stereocenters. The molecule has 1 aliphatic carbocycles. The molecule has 1 aromatic rings. The first-order valence-electron chi connectivity index (χ1n) is 6.98. The summed E-state index contributed by atoms with van der Waals surface area (Å²) in [5.41, 5.74) is 2.21. The smallest absolute Gasteiger partial charge is 0.219 e. The summed E-state index contributed by atoms with van der Waals surface area (Å²) < 4.78 is 11.8. The molecule has 3 rings (SSSR count). The Kier molecular flexibility index (Phi) is 3.41. The molecule has 0 spiro atoms. The molecule has 0 bridgehead atoms. The maximum Gasteiger partial charge on any atom is 0.219 e. The minimum absolute atomic E-state index is 0.0794. The highest BCUT2D eigenvalue weighted by molar-refractivity contribution is 5.33. The van der Waals surface area contributed by atoms with Crippen LogP contribution in [0.3, 0.4) is 0 Å². The molecular weight excluding hydrogens is 242 g/mol. The lowest BCUT2D eigenvalue weighted by Gasteiger charge is -2.36. The van der Waals surface area contributed by atoms with Crippen LogP contribution in [0.15, 0.2) is 6.33 Å². The summed E-state index contributed by atoms with van der Waals surface area (Å²) in [5, 5.41) is 3.38. The summed E-state index contributed by atoms with van der Waals surface area (Å²) in [4.78, 5) is 8.56. The van der Waals surface area contributed by atoms with Crippen molar-refractivity contribution < 1.29 is 9.47 Å². The van der Waals surface area contributed by atoms with Gasteiger partial charge in [-0.15, -0.1) is 0 Å². The number of hydrogen-bond donors (Lipinski definition) is 1. The van der Waals surface area contributed by atoms with E-state index in [0.717, 1.165) is 43.9 Å². The van der Waals surface area contributed by atoms with E-state index in [1.54, 1.807) is 6.33 Å². The van der Waals surface area contributed by atoms with E-state index in [-0.39, 0.29) is 11.7 Å². The number of nitrogens with zero attached hydrogens (tertiary/aromatic N) is 2. The molecule has 104 valence electrons. The van der Waals surface area contributed by atoms with Gasteiger partial charge in [-0.2, -0.15) is 0 Å². The summed E-state index contributed by atoms with van der Waals surface area (Å²) in [6.07, 6.45) is 4.90. The van der Waals surface area contributed by atoms with Gasteiger partial charge >= 0.3 is 0 Å². The molecule has 1 aliphatic heterocycles. The summed E-state index contributed by atoms with van der Waals surface area (Å²) >= 11 is 0. The van der Waals surface area contributed by atoms with Gasteiger partial charge in [0.2, 0.25) is 5.88 Å². The highest BCUT2D eigenvalue weighted by Crippen LogP contribution is 2.27. The Morgan fingerprint density at radius 2 is 2.32 bits per heavy atom. The van der Waals surface area contributed by atoms with Crippen LogP contribution in [0.1, 0.15) is 31.5 Å². The number of hydrogen-bond acceptors (Lipinski definition) is 5. The third-order valence-electron chi connectivity index (χ3n) is 3.65. The Morgan fingerprint density at radius 3 is 3.16 bits per heavy atom. The molecule has 0 radical (unpaired) electrons. The second-order valence-electron chi connectivity index (χ2n) is 5.90. The number of ether oxygens (including phenoxy) is 2. The predicted molar refractivity (Wildman–Crippen MR) is 71.4 cm³/mol. The minimum Gasteiger partial charge on any atom is -0.475 e. The lowest BCUT2D eigenvalue weighted by atomic mass is 10.1. The Balaban J connectivity index is 1.62. The van der Waals surface area contributed by atoms with Crippen molar-refractivity contribution in [3.8, 4) is 5.88 Å². The van der Waals surface area contributed by atoms with Crippen molar-refractivity contribution in [2.24, 2.45) is 0 Å². The van der Waals surface area contributed by atoms with E-state index in [1.165, 1.54) is 5.56 Å². The molecule has 5 heteroatoms. The number of aryl methyl sites for hydroxylation is 1. The highest BCUT2D eigenvalue weighted by atomic mass is 16.6. The molecule has 0 saturated carbocycles. The van der Waals surface area contributed by atoms with Crippen molar-refractivity contribution in [1.29, 1.82) is 0 Å². The van der Waals surface area contributed by atoms with E-state index in [1.807, 2.05) is 0 Å². The summed E-state index contributed by atoms with van der Waals surface area (Å²) in [6, 6.07) is 0. The number of aromatic nitrogens is 2. The van der Waals surface area contributed by atoms with Gasteiger partial charge in [0.15, 0.2) is 0 Å². The van der Waals surface area contributed by atoms with Gasteiger partial charge in [0.1, 0.15) is 19.0 Å². The third-order valence-corrected chi connectivity index (χ3v) is 3.65. The van der Waals surface area contributed by atoms with E-state index in [9.17, 15) is 0 Å². The normalized spacial score (nSPS) is 25.1. The topological polar surface area (TPSA) is 56.3 Å². The zero-order chi connectivity index (χ0) is 13.3. The zero-order valence-electron chi connectivity index (χ0n) is 11.6. The van der Waals surface area contributed by atoms with Crippen molar-refractivity contribution in [3.05, 3.63) is 17.6 Å². The second kappa shape index (κ2) is 5.06. The van der Waals surface area contributed by atoms with Crippen molar-refractivity contribution >= 4 is 0 Å². The molecule has 19 heavy (non-hydrogen) atoms. The predicted octanol–water partition coefficient (Wildman–Crippen LogP) is 1.11. The Bertz CT molecular complexity index is 462. The molecule has 5 nitrogen and oxygen atoms in total. The van der Waals surface area contributed by atoms with Gasteiger partial charge in [0, 0.05) is 18.7 Å². The van der Waals surface area contributed by atoms with Crippen LogP contribution in [0.5, 0.6) is 5.88 Å². The average Bonchev–Trinajstić information content (AvgIpc) is 2.84. The SMILES string of the molecule is CC1(C)CNCC(COc2ncnc3c2CCC3)O1. The molecule has 2 aliphatic rings. The number of rotatable bonds is 3. The van der Waals surface area contributed by atoms with Gasteiger partial charge in [-0.1, -0.05) is 0 Å². The van der Waals surface area contributed by atoms with Crippen LogP contribution in [0.25, 0.3) is 0 Å². The number of fused-ring (bicyclic) bond motifs is 1. The fourth-order valence-corrected chi connectivity index (χ4v) is 2.79. The Morgan fingerprint density at radius 1 is 1.42 bits per heavy atom. The van der Waals surface area contributed by atoms with Crippen molar-refractivity contribution in [2.75, 3.05) is 19.7 Å². The quantitative estimate of drug-likeness (QED) is 0.885. The summed E-state index contributed by atoms with van der Waals surface area (Å²) in [7, 11) is 0. The average molecular weight is 263 g/mol. The number of morpholine rings is 1. The standard InChI is InChI=1S/C14H21N3O2/c1-14(2)8-15-6-10(19-14)7-18-13-11-4-3-5-12(11)16-9-17-13/h9-10,15H,3-8H2,1-2H3. The first kappa shape index (κ1) is 12.8. The van der Waals surface area contributed by atoms with E-state index in [2.05, 4.69) is 29.1 Å². The lowest BCUT2D eigenvalue weighted by Crippen LogP contribution is -2.52. The van der Waals surface area contributed by atoms with Gasteiger partial charge < -0.3 is 14.8 Å². The van der Waals surface area contributed by atoms with Gasteiger partial charge in [0.05, 0.1) is 11.3 Å². The van der Waals surface area contributed by atoms with Crippen LogP contribution in [0.2, 0.25) is 0 Å². The van der Waals surface area contributed by atoms with Crippen molar-refractivity contribution in [1.82, 2.24) is 15.3 Å². The van der Waals surface area contributed by atoms with Gasteiger partial charge in [-0.25, -0.2) is 9.97 Å². The minimum atomic E-state index is -0.125. The molecule has 0 aromatic carbocycles. The molecule has 1 fully saturated rings. The molecule has 1 aromatic heterocycles. The van der Waals surface area contributed by atoms with Crippen LogP contribution in [0.4, 0.5) is 0 Å². The fourth-order valence-electron chi connectivity index (χ4n) is 2.79. The number of nitrogens with one attached hydrogen (secondary N) is 1. The first-order chi connectivity index (χ1) is 9.14. The monoisotopic (exact) mass is 263 g/mol. The molecule has 1 unspecified atom stereocenters. The van der Waals surface area contributed by atoms with Gasteiger partial charge in [0.25, 0.3) is 0 Å². The molecule has 1 saturated heterocycles. The largest absolute Gasteiger partial charge is 0.475 e. The molecule has 0 amide bonds. The zero-order valence-corrected chi connectivity index (χ0v) is 11.6. The maximum absolute atomic E-state index is 5.98. The second-order valence-corrected chi connectivity index (χ2v) is 5.90.